The van der Waals surface area contributed by atoms with Crippen molar-refractivity contribution in [3.05, 3.63) is 49.3 Å². The number of hydrogen-bond donors (Lipinski definition) is 1. The van der Waals surface area contributed by atoms with Crippen molar-refractivity contribution < 1.29 is 19.4 Å². The zero-order valence-electron chi connectivity index (χ0n) is 17.0. The highest BCUT2D eigenvalue weighted by Gasteiger charge is 2.48. The van der Waals surface area contributed by atoms with Crippen molar-refractivity contribution in [1.29, 1.82) is 0 Å². The fraction of sp³-hybridized carbons (Fsp3) is 0.478. The molecule has 0 spiro atoms. The molecule has 0 aromatic heterocycles. The summed E-state index contributed by atoms with van der Waals surface area (Å²) in [5.74, 6) is 0.720. The van der Waals surface area contributed by atoms with Crippen molar-refractivity contribution in [2.45, 2.75) is 59.3 Å². The third-order valence-corrected chi connectivity index (χ3v) is 7.01. The largest absolute Gasteiger partial charge is 0.506 e. The standard InChI is InChI=1S/C23H24Br2O4/c1-22(2)7-14(26)19-16(9-22)29-17-10-23(3,4)8-15(27)20(17)18(19)12-5-11(24)6-13(25)21(12)28/h5-6,18,28H,7-10H2,1-4H3. The van der Waals surface area contributed by atoms with Crippen LogP contribution in [0, 0.1) is 10.8 Å². The number of phenolic OH excluding ortho intramolecular Hbond substituents is 1. The number of carbonyl (C=O) groups is 2. The highest BCUT2D eigenvalue weighted by Crippen LogP contribution is 2.55. The van der Waals surface area contributed by atoms with Crippen LogP contribution in [0.2, 0.25) is 0 Å². The van der Waals surface area contributed by atoms with Crippen LogP contribution in [0.3, 0.4) is 0 Å². The van der Waals surface area contributed by atoms with Gasteiger partial charge in [-0.15, -0.1) is 0 Å². The monoisotopic (exact) mass is 522 g/mol. The smallest absolute Gasteiger partial charge is 0.163 e. The molecule has 3 aliphatic rings. The van der Waals surface area contributed by atoms with Gasteiger partial charge in [0.15, 0.2) is 11.6 Å². The summed E-state index contributed by atoms with van der Waals surface area (Å²) in [5, 5.41) is 10.9. The van der Waals surface area contributed by atoms with Gasteiger partial charge in [-0.2, -0.15) is 0 Å². The minimum absolute atomic E-state index is 0.0130. The number of Topliss-reactive ketones (excluding diaryl/α,β-unsaturated/α-hetero) is 2. The number of carbonyl (C=O) groups excluding carboxylic acids is 2. The van der Waals surface area contributed by atoms with Gasteiger partial charge in [0.25, 0.3) is 0 Å². The molecule has 1 aliphatic heterocycles. The molecule has 0 atom stereocenters. The lowest BCUT2D eigenvalue weighted by atomic mass is 9.65. The third kappa shape index (κ3) is 3.63. The molecule has 0 radical (unpaired) electrons. The van der Waals surface area contributed by atoms with Gasteiger partial charge in [-0.05, 0) is 38.9 Å². The average Bonchev–Trinajstić information content (AvgIpc) is 2.53. The van der Waals surface area contributed by atoms with E-state index >= 15 is 0 Å². The second kappa shape index (κ2) is 6.81. The molecule has 0 saturated carbocycles. The lowest BCUT2D eigenvalue weighted by molar-refractivity contribution is -0.120. The van der Waals surface area contributed by atoms with Crippen LogP contribution in [0.15, 0.2) is 43.7 Å². The van der Waals surface area contributed by atoms with E-state index in [1.165, 1.54) is 0 Å². The van der Waals surface area contributed by atoms with Crippen LogP contribution in [0.1, 0.15) is 64.9 Å². The maximum Gasteiger partial charge on any atom is 0.163 e. The Labute approximate surface area is 187 Å². The molecule has 1 heterocycles. The normalized spacial score (nSPS) is 23.7. The highest BCUT2D eigenvalue weighted by molar-refractivity contribution is 9.11. The molecule has 0 unspecified atom stereocenters. The Balaban J connectivity index is 1.98. The van der Waals surface area contributed by atoms with Crippen molar-refractivity contribution >= 4 is 43.4 Å². The van der Waals surface area contributed by atoms with Gasteiger partial charge < -0.3 is 9.84 Å². The lowest BCUT2D eigenvalue weighted by Crippen LogP contribution is -2.37. The average molecular weight is 524 g/mol. The summed E-state index contributed by atoms with van der Waals surface area (Å²) in [6.07, 6.45) is 2.05. The Morgan fingerprint density at radius 2 is 1.38 bits per heavy atom. The van der Waals surface area contributed by atoms with Crippen molar-refractivity contribution in [2.75, 3.05) is 0 Å². The van der Waals surface area contributed by atoms with Crippen LogP contribution < -0.4 is 0 Å². The number of ether oxygens (including phenoxy) is 1. The van der Waals surface area contributed by atoms with Gasteiger partial charge in [-0.3, -0.25) is 9.59 Å². The number of hydrogen-bond acceptors (Lipinski definition) is 4. The maximum absolute atomic E-state index is 13.2. The zero-order chi connectivity index (χ0) is 21.3. The first-order valence-electron chi connectivity index (χ1n) is 9.77. The van der Waals surface area contributed by atoms with Crippen LogP contribution in [-0.4, -0.2) is 16.7 Å². The number of phenols is 1. The molecule has 4 rings (SSSR count). The van der Waals surface area contributed by atoms with Gasteiger partial charge >= 0.3 is 0 Å². The summed E-state index contributed by atoms with van der Waals surface area (Å²) in [4.78, 5) is 26.5. The summed E-state index contributed by atoms with van der Waals surface area (Å²) in [6, 6.07) is 3.55. The third-order valence-electron chi connectivity index (χ3n) is 5.95. The van der Waals surface area contributed by atoms with Gasteiger partial charge in [0.05, 0.1) is 10.4 Å². The van der Waals surface area contributed by atoms with Crippen molar-refractivity contribution in [3.8, 4) is 5.75 Å². The van der Waals surface area contributed by atoms with Crippen molar-refractivity contribution in [2.24, 2.45) is 10.8 Å². The molecule has 0 fully saturated rings. The number of halogens is 2. The van der Waals surface area contributed by atoms with Crippen LogP contribution in [0.5, 0.6) is 5.75 Å². The highest BCUT2D eigenvalue weighted by atomic mass is 79.9. The topological polar surface area (TPSA) is 63.6 Å². The molecule has 1 aromatic rings. The molecule has 6 heteroatoms. The first kappa shape index (κ1) is 20.9. The molecule has 2 aliphatic carbocycles. The first-order valence-corrected chi connectivity index (χ1v) is 11.4. The predicted octanol–water partition coefficient (Wildman–Crippen LogP) is 6.32. The van der Waals surface area contributed by atoms with E-state index in [9.17, 15) is 14.7 Å². The van der Waals surface area contributed by atoms with E-state index in [1.807, 2.05) is 0 Å². The molecule has 4 nitrogen and oxygen atoms in total. The Morgan fingerprint density at radius 1 is 0.897 bits per heavy atom. The second-order valence-corrected chi connectivity index (χ2v) is 11.7. The molecule has 154 valence electrons. The molecule has 0 amide bonds. The van der Waals surface area contributed by atoms with E-state index in [0.29, 0.717) is 58.4 Å². The first-order chi connectivity index (χ1) is 13.4. The SMILES string of the molecule is CC1(C)CC(=O)C2=C(C1)OC1=C(C(=O)CC(C)(C)C1)C2c1cc(Br)cc(Br)c1O. The van der Waals surface area contributed by atoms with E-state index in [-0.39, 0.29) is 28.1 Å². The number of aromatic hydroxyl groups is 1. The van der Waals surface area contributed by atoms with Crippen molar-refractivity contribution in [1.82, 2.24) is 0 Å². The van der Waals surface area contributed by atoms with Gasteiger partial charge in [-0.1, -0.05) is 43.6 Å². The Kier molecular flexibility index (Phi) is 4.90. The quantitative estimate of drug-likeness (QED) is 0.468. The second-order valence-electron chi connectivity index (χ2n) is 9.92. The van der Waals surface area contributed by atoms with E-state index in [4.69, 9.17) is 4.74 Å². The summed E-state index contributed by atoms with van der Waals surface area (Å²) in [6.45, 7) is 8.22. The van der Waals surface area contributed by atoms with E-state index < -0.39 is 5.92 Å². The van der Waals surface area contributed by atoms with Crippen molar-refractivity contribution in [3.63, 3.8) is 0 Å². The molecule has 0 bridgehead atoms. The summed E-state index contributed by atoms with van der Waals surface area (Å²) < 4.78 is 7.55. The van der Waals surface area contributed by atoms with Gasteiger partial charge in [0.2, 0.25) is 0 Å². The minimum Gasteiger partial charge on any atom is -0.506 e. The van der Waals surface area contributed by atoms with Gasteiger partial charge in [-0.25, -0.2) is 0 Å². The minimum atomic E-state index is -0.602. The van der Waals surface area contributed by atoms with Crippen LogP contribution >= 0.6 is 31.9 Å². The number of ketones is 2. The Bertz CT molecular complexity index is 962. The molecule has 29 heavy (non-hydrogen) atoms. The molecular formula is C23H24Br2O4. The zero-order valence-corrected chi connectivity index (χ0v) is 20.2. The van der Waals surface area contributed by atoms with Crippen LogP contribution in [-0.2, 0) is 14.3 Å². The fourth-order valence-electron chi connectivity index (χ4n) is 4.79. The Hall–Kier alpha value is -1.40. The molecular weight excluding hydrogens is 500 g/mol. The molecule has 1 aromatic carbocycles. The maximum atomic E-state index is 13.2. The summed E-state index contributed by atoms with van der Waals surface area (Å²) in [7, 11) is 0. The summed E-state index contributed by atoms with van der Waals surface area (Å²) >= 11 is 6.87. The number of rotatable bonds is 1. The van der Waals surface area contributed by atoms with Gasteiger partial charge in [0, 0.05) is 46.9 Å². The van der Waals surface area contributed by atoms with E-state index in [1.54, 1.807) is 12.1 Å². The van der Waals surface area contributed by atoms with E-state index in [0.717, 1.165) is 4.47 Å². The molecule has 1 N–H and O–H groups in total. The molecule has 0 saturated heterocycles. The van der Waals surface area contributed by atoms with E-state index in [2.05, 4.69) is 59.6 Å². The van der Waals surface area contributed by atoms with Crippen LogP contribution in [0.4, 0.5) is 0 Å². The number of allylic oxidation sites excluding steroid dienone is 4. The lowest BCUT2D eigenvalue weighted by Gasteiger charge is -2.42. The Morgan fingerprint density at radius 3 is 1.86 bits per heavy atom. The predicted molar refractivity (Wildman–Crippen MR) is 117 cm³/mol. The van der Waals surface area contributed by atoms with Crippen LogP contribution in [0.25, 0.3) is 0 Å². The summed E-state index contributed by atoms with van der Waals surface area (Å²) in [5.41, 5.74) is 1.20. The number of benzene rings is 1. The van der Waals surface area contributed by atoms with Gasteiger partial charge in [0.1, 0.15) is 17.3 Å². The fourth-order valence-corrected chi connectivity index (χ4v) is 6.05.